The summed E-state index contributed by atoms with van der Waals surface area (Å²) < 4.78 is 1.72. The molecule has 0 aromatic carbocycles. The molecule has 1 aliphatic rings. The van der Waals surface area contributed by atoms with Crippen molar-refractivity contribution in [3.8, 4) is 0 Å². The molecule has 0 aliphatic carbocycles. The average molecular weight is 250 g/mol. The van der Waals surface area contributed by atoms with Gasteiger partial charge in [0.05, 0.1) is 0 Å². The van der Waals surface area contributed by atoms with Gasteiger partial charge in [-0.2, -0.15) is 0 Å². The molecule has 1 aliphatic heterocycles. The molecule has 2 heterocycles. The summed E-state index contributed by atoms with van der Waals surface area (Å²) in [6.07, 6.45) is 6.42. The smallest absolute Gasteiger partial charge is 0.293 e. The Morgan fingerprint density at radius 3 is 2.89 bits per heavy atom. The zero-order valence-corrected chi connectivity index (χ0v) is 11.2. The van der Waals surface area contributed by atoms with E-state index in [1.54, 1.807) is 17.0 Å². The predicted octanol–water partition coefficient (Wildman–Crippen LogP) is 1.21. The number of hydrogen-bond donors (Lipinski definition) is 2. The summed E-state index contributed by atoms with van der Waals surface area (Å²) in [5, 5.41) is 6.67. The van der Waals surface area contributed by atoms with E-state index in [2.05, 4.69) is 29.5 Å². The minimum Gasteiger partial charge on any atom is -0.360 e. The van der Waals surface area contributed by atoms with Crippen LogP contribution in [-0.2, 0) is 6.54 Å². The Labute approximate surface area is 108 Å². The molecule has 1 aromatic heterocycles. The van der Waals surface area contributed by atoms with Crippen LogP contribution >= 0.6 is 0 Å². The molecule has 2 rings (SSSR count). The maximum absolute atomic E-state index is 12.2. The van der Waals surface area contributed by atoms with Crippen LogP contribution in [0.2, 0.25) is 0 Å². The number of rotatable bonds is 4. The highest BCUT2D eigenvalue weighted by Crippen LogP contribution is 2.20. The summed E-state index contributed by atoms with van der Waals surface area (Å²) in [4.78, 5) is 16.4. The summed E-state index contributed by atoms with van der Waals surface area (Å²) in [6.45, 7) is 6.94. The number of anilines is 1. The fourth-order valence-electron chi connectivity index (χ4n) is 2.34. The van der Waals surface area contributed by atoms with Crippen LogP contribution in [0.5, 0.6) is 0 Å². The number of nitrogens with one attached hydrogen (secondary N) is 2. The Morgan fingerprint density at radius 2 is 2.22 bits per heavy atom. The van der Waals surface area contributed by atoms with Gasteiger partial charge in [-0.3, -0.25) is 4.79 Å². The van der Waals surface area contributed by atoms with Crippen molar-refractivity contribution in [2.75, 3.05) is 18.4 Å². The molecule has 0 spiro atoms. The van der Waals surface area contributed by atoms with Crippen molar-refractivity contribution < 1.29 is 0 Å². The van der Waals surface area contributed by atoms with Crippen LogP contribution in [0.15, 0.2) is 17.2 Å². The Balaban J connectivity index is 2.18. The summed E-state index contributed by atoms with van der Waals surface area (Å²) in [5.41, 5.74) is -0.0397. The molecule has 0 bridgehead atoms. The van der Waals surface area contributed by atoms with E-state index in [9.17, 15) is 4.79 Å². The van der Waals surface area contributed by atoms with Gasteiger partial charge in [-0.05, 0) is 39.3 Å². The van der Waals surface area contributed by atoms with E-state index >= 15 is 0 Å². The molecule has 0 saturated carbocycles. The summed E-state index contributed by atoms with van der Waals surface area (Å²) in [6, 6.07) is 0. The van der Waals surface area contributed by atoms with E-state index in [0.29, 0.717) is 5.82 Å². The maximum atomic E-state index is 12.2. The van der Waals surface area contributed by atoms with Gasteiger partial charge in [0.15, 0.2) is 5.82 Å². The van der Waals surface area contributed by atoms with E-state index in [-0.39, 0.29) is 11.1 Å². The molecular formula is C13H22N4O. The number of piperidine rings is 1. The third-order valence-electron chi connectivity index (χ3n) is 3.51. The Morgan fingerprint density at radius 1 is 1.50 bits per heavy atom. The van der Waals surface area contributed by atoms with Gasteiger partial charge in [0.25, 0.3) is 5.56 Å². The lowest BCUT2D eigenvalue weighted by molar-refractivity contribution is 0.363. The first kappa shape index (κ1) is 13.1. The fourth-order valence-corrected chi connectivity index (χ4v) is 2.34. The molecule has 0 unspecified atom stereocenters. The standard InChI is InChI=1S/C13H22N4O/c1-3-9-17-10-8-15-11(12(17)18)16-13(2)4-6-14-7-5-13/h8,10,14H,3-7,9H2,1-2H3,(H,15,16). The highest BCUT2D eigenvalue weighted by atomic mass is 16.1. The van der Waals surface area contributed by atoms with Gasteiger partial charge < -0.3 is 15.2 Å². The molecule has 5 nitrogen and oxygen atoms in total. The lowest BCUT2D eigenvalue weighted by Gasteiger charge is -2.35. The van der Waals surface area contributed by atoms with Crippen LogP contribution in [-0.4, -0.2) is 28.2 Å². The quantitative estimate of drug-likeness (QED) is 0.843. The van der Waals surface area contributed by atoms with Gasteiger partial charge in [-0.25, -0.2) is 4.98 Å². The molecule has 5 heteroatoms. The zero-order valence-electron chi connectivity index (χ0n) is 11.2. The van der Waals surface area contributed by atoms with Crippen molar-refractivity contribution in [3.05, 3.63) is 22.7 Å². The molecule has 100 valence electrons. The van der Waals surface area contributed by atoms with E-state index in [1.807, 2.05) is 0 Å². The molecule has 0 radical (unpaired) electrons. The molecule has 1 aromatic rings. The first-order chi connectivity index (χ1) is 8.64. The van der Waals surface area contributed by atoms with Crippen LogP contribution in [0.4, 0.5) is 5.82 Å². The monoisotopic (exact) mass is 250 g/mol. The topological polar surface area (TPSA) is 59.0 Å². The van der Waals surface area contributed by atoms with Crippen LogP contribution in [0, 0.1) is 0 Å². The normalized spacial score (nSPS) is 18.6. The van der Waals surface area contributed by atoms with Crippen molar-refractivity contribution >= 4 is 5.82 Å². The van der Waals surface area contributed by atoms with E-state index in [4.69, 9.17) is 0 Å². The lowest BCUT2D eigenvalue weighted by atomic mass is 9.91. The molecule has 1 saturated heterocycles. The number of nitrogens with zero attached hydrogens (tertiary/aromatic N) is 2. The average Bonchev–Trinajstić information content (AvgIpc) is 2.35. The SMILES string of the molecule is CCCn1ccnc(NC2(C)CCNCC2)c1=O. The van der Waals surface area contributed by atoms with Crippen molar-refractivity contribution in [1.29, 1.82) is 0 Å². The molecule has 18 heavy (non-hydrogen) atoms. The van der Waals surface area contributed by atoms with Crippen LogP contribution in [0.3, 0.4) is 0 Å². The lowest BCUT2D eigenvalue weighted by Crippen LogP contribution is -2.46. The van der Waals surface area contributed by atoms with Gasteiger partial charge in [-0.1, -0.05) is 6.92 Å². The minimum atomic E-state index is -0.0250. The summed E-state index contributed by atoms with van der Waals surface area (Å²) >= 11 is 0. The molecule has 0 amide bonds. The third kappa shape index (κ3) is 2.90. The minimum absolute atomic E-state index is 0.0147. The van der Waals surface area contributed by atoms with E-state index in [0.717, 1.165) is 38.9 Å². The fraction of sp³-hybridized carbons (Fsp3) is 0.692. The van der Waals surface area contributed by atoms with Gasteiger partial charge in [0.1, 0.15) is 0 Å². The molecule has 1 fully saturated rings. The van der Waals surface area contributed by atoms with Crippen molar-refractivity contribution in [2.45, 2.75) is 45.2 Å². The van der Waals surface area contributed by atoms with Crippen molar-refractivity contribution in [2.24, 2.45) is 0 Å². The van der Waals surface area contributed by atoms with Gasteiger partial charge in [-0.15, -0.1) is 0 Å². The van der Waals surface area contributed by atoms with Gasteiger partial charge >= 0.3 is 0 Å². The number of hydrogen-bond acceptors (Lipinski definition) is 4. The summed E-state index contributed by atoms with van der Waals surface area (Å²) in [5.74, 6) is 0.482. The van der Waals surface area contributed by atoms with E-state index in [1.165, 1.54) is 0 Å². The Kier molecular flexibility index (Phi) is 4.01. The second kappa shape index (κ2) is 5.52. The highest BCUT2D eigenvalue weighted by Gasteiger charge is 2.27. The first-order valence-electron chi connectivity index (χ1n) is 6.69. The van der Waals surface area contributed by atoms with Crippen LogP contribution in [0.25, 0.3) is 0 Å². The zero-order chi connectivity index (χ0) is 13.0. The van der Waals surface area contributed by atoms with Crippen LogP contribution in [0.1, 0.15) is 33.1 Å². The molecule has 0 atom stereocenters. The highest BCUT2D eigenvalue weighted by molar-refractivity contribution is 5.35. The second-order valence-corrected chi connectivity index (χ2v) is 5.21. The third-order valence-corrected chi connectivity index (χ3v) is 3.51. The number of aryl methyl sites for hydroxylation is 1. The van der Waals surface area contributed by atoms with E-state index < -0.39 is 0 Å². The predicted molar refractivity (Wildman–Crippen MR) is 72.9 cm³/mol. The summed E-state index contributed by atoms with van der Waals surface area (Å²) in [7, 11) is 0. The number of aromatic nitrogens is 2. The van der Waals surface area contributed by atoms with Crippen molar-refractivity contribution in [1.82, 2.24) is 14.9 Å². The maximum Gasteiger partial charge on any atom is 0.293 e. The molecule has 2 N–H and O–H groups in total. The second-order valence-electron chi connectivity index (χ2n) is 5.21. The first-order valence-corrected chi connectivity index (χ1v) is 6.69. The Hall–Kier alpha value is -1.36. The van der Waals surface area contributed by atoms with Crippen LogP contribution < -0.4 is 16.2 Å². The van der Waals surface area contributed by atoms with Gasteiger partial charge in [0, 0.05) is 24.5 Å². The van der Waals surface area contributed by atoms with Gasteiger partial charge in [0.2, 0.25) is 0 Å². The molecular weight excluding hydrogens is 228 g/mol. The Bertz CT molecular complexity index is 449. The van der Waals surface area contributed by atoms with Crippen molar-refractivity contribution in [3.63, 3.8) is 0 Å². The largest absolute Gasteiger partial charge is 0.360 e.